The Morgan fingerprint density at radius 3 is 2.62 bits per heavy atom. The molecule has 13 heavy (non-hydrogen) atoms. The van der Waals surface area contributed by atoms with Gasteiger partial charge >= 0.3 is 0 Å². The summed E-state index contributed by atoms with van der Waals surface area (Å²) in [7, 11) is 0. The van der Waals surface area contributed by atoms with E-state index in [1.54, 1.807) is 6.29 Å². The van der Waals surface area contributed by atoms with Crippen LogP contribution in [0.1, 0.15) is 24.8 Å². The number of nitrogens with one attached hydrogen (secondary N) is 1. The molecule has 0 bridgehead atoms. The first-order valence-electron chi connectivity index (χ1n) is 4.24. The molecule has 1 radical (unpaired) electrons. The lowest BCUT2D eigenvalue weighted by molar-refractivity contribution is 0.565. The molecule has 2 heteroatoms. The van der Waals surface area contributed by atoms with Crippen LogP contribution in [0.3, 0.4) is 0 Å². The van der Waals surface area contributed by atoms with E-state index in [0.717, 1.165) is 5.56 Å². The van der Waals surface area contributed by atoms with Gasteiger partial charge in [0.15, 0.2) is 0 Å². The van der Waals surface area contributed by atoms with E-state index in [1.165, 1.54) is 0 Å². The van der Waals surface area contributed by atoms with Gasteiger partial charge in [0.2, 0.25) is 6.29 Å². The minimum absolute atomic E-state index is 0.0383. The van der Waals surface area contributed by atoms with Crippen molar-refractivity contribution in [1.29, 1.82) is 5.41 Å². The summed E-state index contributed by atoms with van der Waals surface area (Å²) < 4.78 is 0. The smallest absolute Gasteiger partial charge is 0.248 e. The fourth-order valence-electron chi connectivity index (χ4n) is 1.25. The lowest BCUT2D eigenvalue weighted by Gasteiger charge is -2.08. The normalized spacial score (nSPS) is 12.1. The van der Waals surface area contributed by atoms with E-state index >= 15 is 0 Å². The predicted octanol–water partition coefficient (Wildman–Crippen LogP) is 2.31. The van der Waals surface area contributed by atoms with Crippen LogP contribution in [0.25, 0.3) is 0 Å². The quantitative estimate of drug-likeness (QED) is 0.699. The molecule has 0 amide bonds. The van der Waals surface area contributed by atoms with Gasteiger partial charge in [-0.1, -0.05) is 37.3 Å². The molecule has 1 aromatic rings. The number of rotatable bonds is 4. The lowest BCUT2D eigenvalue weighted by Crippen LogP contribution is -2.03. The summed E-state index contributed by atoms with van der Waals surface area (Å²) in [4.78, 5) is 10.1. The Kier molecular flexibility index (Phi) is 3.38. The summed E-state index contributed by atoms with van der Waals surface area (Å²) in [5, 5.41) is 7.19. The van der Waals surface area contributed by atoms with Gasteiger partial charge in [-0.05, 0) is 17.9 Å². The average Bonchev–Trinajstić information content (AvgIpc) is 2.19. The molecule has 1 atom stereocenters. The van der Waals surface area contributed by atoms with E-state index in [2.05, 4.69) is 0 Å². The van der Waals surface area contributed by atoms with Gasteiger partial charge in [-0.25, -0.2) is 0 Å². The van der Waals surface area contributed by atoms with Crippen molar-refractivity contribution in [3.05, 3.63) is 35.9 Å². The van der Waals surface area contributed by atoms with Gasteiger partial charge in [-0.2, -0.15) is 0 Å². The first kappa shape index (κ1) is 9.65. The Hall–Kier alpha value is -1.44. The molecule has 2 nitrogen and oxygen atoms in total. The third kappa shape index (κ3) is 2.82. The van der Waals surface area contributed by atoms with Crippen molar-refractivity contribution in [3.63, 3.8) is 0 Å². The van der Waals surface area contributed by atoms with Crippen molar-refractivity contribution in [2.24, 2.45) is 0 Å². The predicted molar refractivity (Wildman–Crippen MR) is 52.9 cm³/mol. The van der Waals surface area contributed by atoms with Gasteiger partial charge < -0.3 is 5.41 Å². The highest BCUT2D eigenvalue weighted by molar-refractivity contribution is 6.27. The highest BCUT2D eigenvalue weighted by Crippen LogP contribution is 2.17. The third-order valence-corrected chi connectivity index (χ3v) is 2.00. The minimum atomic E-state index is 0.0383. The second-order valence-corrected chi connectivity index (χ2v) is 3.10. The SMILES string of the molecule is CC(CC(=N)[C]=O)c1ccccc1. The Morgan fingerprint density at radius 1 is 1.46 bits per heavy atom. The van der Waals surface area contributed by atoms with Gasteiger partial charge in [0.1, 0.15) is 0 Å². The van der Waals surface area contributed by atoms with Crippen molar-refractivity contribution in [2.75, 3.05) is 0 Å². The Bertz CT molecular complexity index is 292. The summed E-state index contributed by atoms with van der Waals surface area (Å²) in [6.07, 6.45) is 2.06. The van der Waals surface area contributed by atoms with Gasteiger partial charge in [-0.3, -0.25) is 4.79 Å². The van der Waals surface area contributed by atoms with E-state index in [-0.39, 0.29) is 11.6 Å². The second-order valence-electron chi connectivity index (χ2n) is 3.10. The molecule has 0 aromatic heterocycles. The van der Waals surface area contributed by atoms with Crippen LogP contribution in [-0.4, -0.2) is 12.0 Å². The molecule has 0 heterocycles. The first-order chi connectivity index (χ1) is 6.24. The maximum absolute atomic E-state index is 10.1. The van der Waals surface area contributed by atoms with Crippen molar-refractivity contribution in [2.45, 2.75) is 19.3 Å². The van der Waals surface area contributed by atoms with Crippen LogP contribution in [0, 0.1) is 5.41 Å². The van der Waals surface area contributed by atoms with Crippen molar-refractivity contribution in [1.82, 2.24) is 0 Å². The van der Waals surface area contributed by atoms with E-state index in [9.17, 15) is 4.79 Å². The molecule has 1 unspecified atom stereocenters. The van der Waals surface area contributed by atoms with E-state index in [1.807, 2.05) is 37.3 Å². The molecule has 0 saturated heterocycles. The van der Waals surface area contributed by atoms with Crippen molar-refractivity contribution in [3.8, 4) is 0 Å². The van der Waals surface area contributed by atoms with E-state index in [4.69, 9.17) is 5.41 Å². The van der Waals surface area contributed by atoms with Crippen LogP contribution < -0.4 is 0 Å². The van der Waals surface area contributed by atoms with Gasteiger partial charge in [0.05, 0.1) is 5.71 Å². The number of hydrogen-bond donors (Lipinski definition) is 1. The van der Waals surface area contributed by atoms with Crippen molar-refractivity contribution < 1.29 is 4.79 Å². The summed E-state index contributed by atoms with van der Waals surface area (Å²) in [6, 6.07) is 9.87. The molecular weight excluding hydrogens is 162 g/mol. The summed E-state index contributed by atoms with van der Waals surface area (Å²) in [5.74, 6) is 0.218. The van der Waals surface area contributed by atoms with Crippen molar-refractivity contribution >= 4 is 12.0 Å². The Balaban J connectivity index is 2.63. The van der Waals surface area contributed by atoms with E-state index < -0.39 is 0 Å². The Labute approximate surface area is 78.1 Å². The second kappa shape index (κ2) is 4.55. The Morgan fingerprint density at radius 2 is 2.08 bits per heavy atom. The lowest BCUT2D eigenvalue weighted by atomic mass is 9.96. The summed E-state index contributed by atoms with van der Waals surface area (Å²) in [6.45, 7) is 2.00. The van der Waals surface area contributed by atoms with Crippen LogP contribution >= 0.6 is 0 Å². The molecule has 0 aliphatic rings. The maximum atomic E-state index is 10.1. The topological polar surface area (TPSA) is 40.9 Å². The molecule has 0 saturated carbocycles. The van der Waals surface area contributed by atoms with E-state index in [0.29, 0.717) is 6.42 Å². The zero-order valence-electron chi connectivity index (χ0n) is 7.58. The standard InChI is InChI=1S/C11H12NO/c1-9(7-11(12)8-13)10-5-3-2-4-6-10/h2-6,9,12H,7H2,1H3. The fraction of sp³-hybridized carbons (Fsp3) is 0.273. The first-order valence-corrected chi connectivity index (χ1v) is 4.24. The molecule has 0 aliphatic heterocycles. The van der Waals surface area contributed by atoms with Crippen LogP contribution in [0.4, 0.5) is 0 Å². The minimum Gasteiger partial charge on any atom is -0.301 e. The molecule has 1 N–H and O–H groups in total. The van der Waals surface area contributed by atoms with Crippen LogP contribution in [0.15, 0.2) is 30.3 Å². The highest BCUT2D eigenvalue weighted by atomic mass is 16.1. The van der Waals surface area contributed by atoms with Gasteiger partial charge in [0.25, 0.3) is 0 Å². The van der Waals surface area contributed by atoms with Gasteiger partial charge in [-0.15, -0.1) is 0 Å². The molecule has 1 rings (SSSR count). The zero-order valence-corrected chi connectivity index (χ0v) is 7.58. The average molecular weight is 174 g/mol. The zero-order chi connectivity index (χ0) is 9.68. The number of benzene rings is 1. The number of hydrogen-bond acceptors (Lipinski definition) is 2. The van der Waals surface area contributed by atoms with Crippen LogP contribution in [0.5, 0.6) is 0 Å². The highest BCUT2D eigenvalue weighted by Gasteiger charge is 2.07. The monoisotopic (exact) mass is 174 g/mol. The molecule has 0 aliphatic carbocycles. The fourth-order valence-corrected chi connectivity index (χ4v) is 1.25. The summed E-state index contributed by atoms with van der Waals surface area (Å²) >= 11 is 0. The van der Waals surface area contributed by atoms with Crippen LogP contribution in [-0.2, 0) is 4.79 Å². The molecule has 1 aromatic carbocycles. The van der Waals surface area contributed by atoms with Gasteiger partial charge in [0, 0.05) is 0 Å². The summed E-state index contributed by atoms with van der Waals surface area (Å²) in [5.41, 5.74) is 1.19. The maximum Gasteiger partial charge on any atom is 0.248 e. The third-order valence-electron chi connectivity index (χ3n) is 2.00. The number of carbonyl (C=O) groups excluding carboxylic acids is 1. The molecule has 0 fully saturated rings. The molecular formula is C11H12NO. The molecule has 67 valence electrons. The van der Waals surface area contributed by atoms with Crippen LogP contribution in [0.2, 0.25) is 0 Å². The largest absolute Gasteiger partial charge is 0.301 e. The molecule has 0 spiro atoms.